The van der Waals surface area contributed by atoms with Crippen LogP contribution in [-0.4, -0.2) is 16.2 Å². The number of unbranched alkanes of at least 4 members (excludes halogenated alkanes) is 9. The highest BCUT2D eigenvalue weighted by molar-refractivity contribution is 9.12. The van der Waals surface area contributed by atoms with Gasteiger partial charge in [-0.15, -0.1) is 0 Å². The van der Waals surface area contributed by atoms with Crippen molar-refractivity contribution in [3.05, 3.63) is 0 Å². The van der Waals surface area contributed by atoms with Gasteiger partial charge in [0.05, 0.1) is 0 Å². The lowest BCUT2D eigenvalue weighted by Crippen LogP contribution is -2.13. The highest BCUT2D eigenvalue weighted by atomic mass is 79.9. The predicted octanol–water partition coefficient (Wildman–Crippen LogP) is 6.56. The molecule has 2 unspecified atom stereocenters. The van der Waals surface area contributed by atoms with Gasteiger partial charge in [-0.1, -0.05) is 103 Å². The van der Waals surface area contributed by atoms with E-state index in [1.54, 1.807) is 0 Å². The predicted molar refractivity (Wildman–Crippen MR) is 100 cm³/mol. The van der Waals surface area contributed by atoms with Crippen molar-refractivity contribution in [1.29, 1.82) is 0 Å². The van der Waals surface area contributed by atoms with Crippen molar-refractivity contribution in [3.8, 4) is 0 Å². The van der Waals surface area contributed by atoms with Crippen LogP contribution in [0.2, 0.25) is 0 Å². The maximum Gasteiger partial charge on any atom is 0.0271 e. The summed E-state index contributed by atoms with van der Waals surface area (Å²) in [5, 5.41) is 0. The fourth-order valence-electron chi connectivity index (χ4n) is 2.50. The maximum atomic E-state index is 5.50. The molecule has 2 N–H and O–H groups in total. The fraction of sp³-hybridized carbons (Fsp3) is 1.00. The van der Waals surface area contributed by atoms with Crippen molar-refractivity contribution in [3.63, 3.8) is 0 Å². The SMILES string of the molecule is CCCCCCCCC(Br)C(Br)CCCCCCCN. The molecule has 0 aliphatic rings. The van der Waals surface area contributed by atoms with Gasteiger partial charge in [-0.05, 0) is 25.8 Å². The van der Waals surface area contributed by atoms with Gasteiger partial charge in [0.2, 0.25) is 0 Å². The number of hydrogen-bond acceptors (Lipinski definition) is 1. The highest BCUT2D eigenvalue weighted by Gasteiger charge is 2.14. The van der Waals surface area contributed by atoms with Crippen LogP contribution in [0.3, 0.4) is 0 Å². The molecule has 0 aliphatic heterocycles. The topological polar surface area (TPSA) is 26.0 Å². The Morgan fingerprint density at radius 2 is 1.05 bits per heavy atom. The second-order valence-corrected chi connectivity index (χ2v) is 8.29. The van der Waals surface area contributed by atoms with E-state index in [0.717, 1.165) is 6.54 Å². The van der Waals surface area contributed by atoms with Crippen LogP contribution >= 0.6 is 31.9 Å². The molecule has 0 spiro atoms. The van der Waals surface area contributed by atoms with Crippen LogP contribution in [0.5, 0.6) is 0 Å². The normalized spacial score (nSPS) is 14.4. The van der Waals surface area contributed by atoms with E-state index in [1.165, 1.54) is 83.5 Å². The zero-order valence-electron chi connectivity index (χ0n) is 13.4. The molecular weight excluding hydrogens is 378 g/mol. The van der Waals surface area contributed by atoms with Crippen LogP contribution in [0.1, 0.15) is 90.4 Å². The Balaban J connectivity index is 3.35. The third-order valence-electron chi connectivity index (χ3n) is 3.91. The monoisotopic (exact) mass is 411 g/mol. The average Bonchev–Trinajstić information content (AvgIpc) is 2.45. The van der Waals surface area contributed by atoms with Crippen LogP contribution in [0.4, 0.5) is 0 Å². The first-order valence-corrected chi connectivity index (χ1v) is 10.5. The molecular formula is C17H35Br2N. The fourth-order valence-corrected chi connectivity index (χ4v) is 3.67. The summed E-state index contributed by atoms with van der Waals surface area (Å²) in [6, 6.07) is 0. The first kappa shape index (κ1) is 20.9. The molecule has 122 valence electrons. The molecule has 0 aromatic carbocycles. The molecule has 20 heavy (non-hydrogen) atoms. The van der Waals surface area contributed by atoms with Gasteiger partial charge >= 0.3 is 0 Å². The van der Waals surface area contributed by atoms with Gasteiger partial charge in [0, 0.05) is 9.65 Å². The standard InChI is InChI=1S/C17H35Br2N/c1-2-3-4-5-7-10-13-16(18)17(19)14-11-8-6-9-12-15-20/h16-17H,2-15,20H2,1H3. The minimum atomic E-state index is 0.646. The molecule has 0 aromatic heterocycles. The van der Waals surface area contributed by atoms with E-state index in [-0.39, 0.29) is 0 Å². The van der Waals surface area contributed by atoms with E-state index in [9.17, 15) is 0 Å². The van der Waals surface area contributed by atoms with E-state index in [1.807, 2.05) is 0 Å². The Labute approximate surface area is 144 Å². The summed E-state index contributed by atoms with van der Waals surface area (Å²) in [6.45, 7) is 3.13. The molecule has 0 bridgehead atoms. The number of hydrogen-bond donors (Lipinski definition) is 1. The Kier molecular flexibility index (Phi) is 17.0. The van der Waals surface area contributed by atoms with Crippen molar-refractivity contribution in [1.82, 2.24) is 0 Å². The van der Waals surface area contributed by atoms with Crippen molar-refractivity contribution in [2.24, 2.45) is 5.73 Å². The molecule has 0 heterocycles. The van der Waals surface area contributed by atoms with E-state index in [0.29, 0.717) is 9.65 Å². The maximum absolute atomic E-state index is 5.50. The lowest BCUT2D eigenvalue weighted by Gasteiger charge is -2.16. The molecule has 0 saturated heterocycles. The molecule has 0 saturated carbocycles. The van der Waals surface area contributed by atoms with Crippen LogP contribution in [0.15, 0.2) is 0 Å². The zero-order chi connectivity index (χ0) is 15.1. The summed E-state index contributed by atoms with van der Waals surface area (Å²) in [7, 11) is 0. The number of alkyl halides is 2. The molecule has 0 aliphatic carbocycles. The van der Waals surface area contributed by atoms with Crippen molar-refractivity contribution in [2.45, 2.75) is 100 Å². The number of nitrogens with two attached hydrogens (primary N) is 1. The molecule has 0 amide bonds. The van der Waals surface area contributed by atoms with E-state index < -0.39 is 0 Å². The minimum Gasteiger partial charge on any atom is -0.330 e. The van der Waals surface area contributed by atoms with Gasteiger partial charge < -0.3 is 5.73 Å². The second-order valence-electron chi connectivity index (χ2n) is 5.93. The van der Waals surface area contributed by atoms with Crippen molar-refractivity contribution in [2.75, 3.05) is 6.54 Å². The highest BCUT2D eigenvalue weighted by Crippen LogP contribution is 2.25. The number of halogens is 2. The summed E-state index contributed by atoms with van der Waals surface area (Å²) in [5.41, 5.74) is 5.50. The summed E-state index contributed by atoms with van der Waals surface area (Å²) in [5.74, 6) is 0. The molecule has 0 fully saturated rings. The Hall–Kier alpha value is 0.920. The van der Waals surface area contributed by atoms with Crippen LogP contribution in [0, 0.1) is 0 Å². The van der Waals surface area contributed by atoms with Gasteiger partial charge in [0.1, 0.15) is 0 Å². The third kappa shape index (κ3) is 13.9. The van der Waals surface area contributed by atoms with Gasteiger partial charge in [-0.2, -0.15) is 0 Å². The van der Waals surface area contributed by atoms with Crippen molar-refractivity contribution < 1.29 is 0 Å². The molecule has 3 heteroatoms. The summed E-state index contributed by atoms with van der Waals surface area (Å²) in [6.07, 6.45) is 17.5. The van der Waals surface area contributed by atoms with E-state index in [2.05, 4.69) is 38.8 Å². The first-order valence-electron chi connectivity index (χ1n) is 8.70. The summed E-state index contributed by atoms with van der Waals surface area (Å²) < 4.78 is 0. The molecule has 1 nitrogen and oxygen atoms in total. The van der Waals surface area contributed by atoms with Gasteiger partial charge in [-0.3, -0.25) is 0 Å². The van der Waals surface area contributed by atoms with E-state index >= 15 is 0 Å². The van der Waals surface area contributed by atoms with Crippen LogP contribution < -0.4 is 5.73 Å². The summed E-state index contributed by atoms with van der Waals surface area (Å²) >= 11 is 7.71. The third-order valence-corrected chi connectivity index (χ3v) is 6.81. The van der Waals surface area contributed by atoms with Gasteiger partial charge in [-0.25, -0.2) is 0 Å². The molecule has 0 rings (SSSR count). The zero-order valence-corrected chi connectivity index (χ0v) is 16.6. The molecule has 0 radical (unpaired) electrons. The lowest BCUT2D eigenvalue weighted by molar-refractivity contribution is 0.553. The lowest BCUT2D eigenvalue weighted by atomic mass is 10.0. The minimum absolute atomic E-state index is 0.646. The summed E-state index contributed by atoms with van der Waals surface area (Å²) in [4.78, 5) is 1.30. The number of rotatable bonds is 15. The van der Waals surface area contributed by atoms with Gasteiger partial charge in [0.25, 0.3) is 0 Å². The largest absolute Gasteiger partial charge is 0.330 e. The smallest absolute Gasteiger partial charge is 0.0271 e. The molecule has 2 atom stereocenters. The Morgan fingerprint density at radius 3 is 1.50 bits per heavy atom. The Bertz CT molecular complexity index is 168. The van der Waals surface area contributed by atoms with E-state index in [4.69, 9.17) is 5.73 Å². The average molecular weight is 413 g/mol. The molecule has 0 aromatic rings. The quantitative estimate of drug-likeness (QED) is 0.239. The van der Waals surface area contributed by atoms with Crippen LogP contribution in [-0.2, 0) is 0 Å². The van der Waals surface area contributed by atoms with Crippen molar-refractivity contribution >= 4 is 31.9 Å². The van der Waals surface area contributed by atoms with Crippen LogP contribution in [0.25, 0.3) is 0 Å². The van der Waals surface area contributed by atoms with Gasteiger partial charge in [0.15, 0.2) is 0 Å². The first-order chi connectivity index (χ1) is 9.72. The second kappa shape index (κ2) is 16.3. The Morgan fingerprint density at radius 1 is 0.650 bits per heavy atom.